The van der Waals surface area contributed by atoms with Crippen LogP contribution in [0.15, 0.2) is 0 Å². The molecule has 0 aromatic heterocycles. The number of ether oxygens (including phenoxy) is 1. The van der Waals surface area contributed by atoms with Crippen molar-refractivity contribution in [2.45, 2.75) is 65.0 Å². The third-order valence-electron chi connectivity index (χ3n) is 3.86. The van der Waals surface area contributed by atoms with Crippen LogP contribution < -0.4 is 5.32 Å². The van der Waals surface area contributed by atoms with Crippen LogP contribution in [0.2, 0.25) is 0 Å². The average Bonchev–Trinajstić information content (AvgIpc) is 2.38. The van der Waals surface area contributed by atoms with Crippen molar-refractivity contribution in [1.82, 2.24) is 10.2 Å². The van der Waals surface area contributed by atoms with Gasteiger partial charge in [-0.3, -0.25) is 4.90 Å². The van der Waals surface area contributed by atoms with Crippen molar-refractivity contribution in [3.63, 3.8) is 0 Å². The first-order valence-corrected chi connectivity index (χ1v) is 7.83. The van der Waals surface area contributed by atoms with Gasteiger partial charge in [-0.2, -0.15) is 0 Å². The molecule has 1 heterocycles. The minimum absolute atomic E-state index is 0.697. The highest BCUT2D eigenvalue weighted by atomic mass is 16.5. The quantitative estimate of drug-likeness (QED) is 0.642. The molecule has 1 aliphatic rings. The minimum atomic E-state index is 0.697. The number of nitrogens with one attached hydrogen (secondary N) is 1. The van der Waals surface area contributed by atoms with Crippen molar-refractivity contribution in [3.8, 4) is 0 Å². The molecule has 1 N–H and O–H groups in total. The highest BCUT2D eigenvalue weighted by Crippen LogP contribution is 2.16. The Kier molecular flexibility index (Phi) is 8.64. The van der Waals surface area contributed by atoms with Crippen LogP contribution >= 0.6 is 0 Å². The molecule has 0 aromatic rings. The zero-order valence-corrected chi connectivity index (χ0v) is 12.6. The van der Waals surface area contributed by atoms with E-state index in [2.05, 4.69) is 31.0 Å². The maximum absolute atomic E-state index is 5.66. The van der Waals surface area contributed by atoms with Gasteiger partial charge in [-0.05, 0) is 45.7 Å². The monoisotopic (exact) mass is 256 g/mol. The second-order valence-electron chi connectivity index (χ2n) is 5.53. The highest BCUT2D eigenvalue weighted by Gasteiger charge is 2.24. The molecule has 1 rings (SSSR count). The Morgan fingerprint density at radius 2 is 2.06 bits per heavy atom. The van der Waals surface area contributed by atoms with Crippen LogP contribution in [0.3, 0.4) is 0 Å². The topological polar surface area (TPSA) is 24.5 Å². The van der Waals surface area contributed by atoms with E-state index in [-0.39, 0.29) is 0 Å². The first-order chi connectivity index (χ1) is 8.77. The van der Waals surface area contributed by atoms with E-state index in [0.717, 1.165) is 32.3 Å². The van der Waals surface area contributed by atoms with Crippen LogP contribution in [-0.2, 0) is 4.74 Å². The lowest BCUT2D eigenvalue weighted by atomic mass is 9.98. The molecular formula is C15H32N2O. The fourth-order valence-electron chi connectivity index (χ4n) is 2.62. The summed E-state index contributed by atoms with van der Waals surface area (Å²) in [4.78, 5) is 2.58. The fraction of sp³-hybridized carbons (Fsp3) is 1.00. The van der Waals surface area contributed by atoms with Gasteiger partial charge in [0.15, 0.2) is 0 Å². The number of unbranched alkanes of at least 4 members (excludes halogenated alkanes) is 1. The summed E-state index contributed by atoms with van der Waals surface area (Å²) in [5, 5.41) is 3.65. The molecule has 0 radical (unpaired) electrons. The summed E-state index contributed by atoms with van der Waals surface area (Å²) in [7, 11) is 0. The standard InChI is InChI=1S/C15H32N2O/c1-4-6-11-18-12-10-17-9-7-15(13-14(17)3)16-8-5-2/h14-16H,4-13H2,1-3H3. The number of likely N-dealkylation sites (tertiary alicyclic amines) is 1. The number of nitrogens with zero attached hydrogens (tertiary/aromatic N) is 1. The van der Waals surface area contributed by atoms with Gasteiger partial charge in [0, 0.05) is 25.2 Å². The van der Waals surface area contributed by atoms with Crippen molar-refractivity contribution < 1.29 is 4.74 Å². The van der Waals surface area contributed by atoms with Crippen molar-refractivity contribution >= 4 is 0 Å². The van der Waals surface area contributed by atoms with E-state index in [0.29, 0.717) is 6.04 Å². The van der Waals surface area contributed by atoms with Crippen molar-refractivity contribution in [2.24, 2.45) is 0 Å². The maximum atomic E-state index is 5.66. The molecule has 18 heavy (non-hydrogen) atoms. The zero-order valence-electron chi connectivity index (χ0n) is 12.6. The second-order valence-corrected chi connectivity index (χ2v) is 5.53. The maximum Gasteiger partial charge on any atom is 0.0593 e. The van der Waals surface area contributed by atoms with Gasteiger partial charge < -0.3 is 10.1 Å². The smallest absolute Gasteiger partial charge is 0.0593 e. The molecule has 3 heteroatoms. The molecule has 0 aliphatic carbocycles. The van der Waals surface area contributed by atoms with Crippen LogP contribution in [0.1, 0.15) is 52.9 Å². The van der Waals surface area contributed by atoms with Gasteiger partial charge in [-0.15, -0.1) is 0 Å². The lowest BCUT2D eigenvalue weighted by molar-refractivity contribution is 0.0678. The molecule has 1 fully saturated rings. The summed E-state index contributed by atoms with van der Waals surface area (Å²) in [6, 6.07) is 1.43. The number of hydrogen-bond donors (Lipinski definition) is 1. The normalized spacial score (nSPS) is 25.5. The summed E-state index contributed by atoms with van der Waals surface area (Å²) in [6.07, 6.45) is 6.23. The molecule has 0 amide bonds. The van der Waals surface area contributed by atoms with E-state index < -0.39 is 0 Å². The van der Waals surface area contributed by atoms with E-state index in [1.165, 1.54) is 38.6 Å². The third-order valence-corrected chi connectivity index (χ3v) is 3.86. The molecule has 108 valence electrons. The van der Waals surface area contributed by atoms with Crippen LogP contribution in [0, 0.1) is 0 Å². The fourth-order valence-corrected chi connectivity index (χ4v) is 2.62. The summed E-state index contributed by atoms with van der Waals surface area (Å²) in [5.74, 6) is 0. The average molecular weight is 256 g/mol. The van der Waals surface area contributed by atoms with E-state index >= 15 is 0 Å². The lowest BCUT2D eigenvalue weighted by Gasteiger charge is -2.38. The molecule has 0 bridgehead atoms. The number of rotatable bonds is 9. The van der Waals surface area contributed by atoms with Gasteiger partial charge in [-0.25, -0.2) is 0 Å². The van der Waals surface area contributed by atoms with Gasteiger partial charge >= 0.3 is 0 Å². The van der Waals surface area contributed by atoms with Crippen molar-refractivity contribution in [3.05, 3.63) is 0 Å². The van der Waals surface area contributed by atoms with Crippen LogP contribution in [0.25, 0.3) is 0 Å². The van der Waals surface area contributed by atoms with Gasteiger partial charge in [0.25, 0.3) is 0 Å². The molecule has 3 nitrogen and oxygen atoms in total. The molecular weight excluding hydrogens is 224 g/mol. The van der Waals surface area contributed by atoms with Gasteiger partial charge in [-0.1, -0.05) is 20.3 Å². The highest BCUT2D eigenvalue weighted by molar-refractivity contribution is 4.82. The van der Waals surface area contributed by atoms with Crippen LogP contribution in [0.5, 0.6) is 0 Å². The number of hydrogen-bond acceptors (Lipinski definition) is 3. The Hall–Kier alpha value is -0.120. The molecule has 1 saturated heterocycles. The Labute approximate surface area is 113 Å². The molecule has 0 saturated carbocycles. The van der Waals surface area contributed by atoms with Gasteiger partial charge in [0.2, 0.25) is 0 Å². The summed E-state index contributed by atoms with van der Waals surface area (Å²) in [5.41, 5.74) is 0. The van der Waals surface area contributed by atoms with Crippen molar-refractivity contribution in [1.29, 1.82) is 0 Å². The Bertz CT molecular complexity index is 197. The number of piperidine rings is 1. The molecule has 2 unspecified atom stereocenters. The van der Waals surface area contributed by atoms with E-state index in [1.54, 1.807) is 0 Å². The Balaban J connectivity index is 2.09. The van der Waals surface area contributed by atoms with E-state index in [4.69, 9.17) is 4.74 Å². The predicted octanol–water partition coefficient (Wildman–Crippen LogP) is 2.66. The van der Waals surface area contributed by atoms with Crippen molar-refractivity contribution in [2.75, 3.05) is 32.8 Å². The van der Waals surface area contributed by atoms with E-state index in [9.17, 15) is 0 Å². The summed E-state index contributed by atoms with van der Waals surface area (Å²) in [6.45, 7) is 12.1. The molecule has 0 aromatic carbocycles. The Morgan fingerprint density at radius 3 is 2.72 bits per heavy atom. The lowest BCUT2D eigenvalue weighted by Crippen LogP contribution is -2.48. The second kappa shape index (κ2) is 9.76. The first-order valence-electron chi connectivity index (χ1n) is 7.83. The third kappa shape index (κ3) is 6.17. The molecule has 1 aliphatic heterocycles. The van der Waals surface area contributed by atoms with Crippen LogP contribution in [0.4, 0.5) is 0 Å². The SMILES string of the molecule is CCCCOCCN1CCC(NCCC)CC1C. The minimum Gasteiger partial charge on any atom is -0.380 e. The summed E-state index contributed by atoms with van der Waals surface area (Å²) >= 11 is 0. The Morgan fingerprint density at radius 1 is 1.22 bits per heavy atom. The molecule has 2 atom stereocenters. The largest absolute Gasteiger partial charge is 0.380 e. The van der Waals surface area contributed by atoms with Gasteiger partial charge in [0.1, 0.15) is 0 Å². The summed E-state index contributed by atoms with van der Waals surface area (Å²) < 4.78 is 5.66. The molecule has 0 spiro atoms. The van der Waals surface area contributed by atoms with E-state index in [1.807, 2.05) is 0 Å². The van der Waals surface area contributed by atoms with Gasteiger partial charge in [0.05, 0.1) is 6.61 Å². The zero-order chi connectivity index (χ0) is 13.2. The predicted molar refractivity (Wildman–Crippen MR) is 78.1 cm³/mol. The van der Waals surface area contributed by atoms with Crippen LogP contribution in [-0.4, -0.2) is 49.8 Å². The first kappa shape index (κ1) is 15.9.